The van der Waals surface area contributed by atoms with Gasteiger partial charge in [0.2, 0.25) is 5.91 Å². The number of carbonyl (C=O) groups is 2. The number of benzene rings is 2. The maximum atomic E-state index is 13.2. The van der Waals surface area contributed by atoms with Crippen LogP contribution in [0.25, 0.3) is 0 Å². The van der Waals surface area contributed by atoms with Crippen molar-refractivity contribution in [3.05, 3.63) is 70.3 Å². The molecule has 2 aromatic carbocycles. The van der Waals surface area contributed by atoms with Crippen molar-refractivity contribution in [3.63, 3.8) is 0 Å². The first-order valence-electron chi connectivity index (χ1n) is 7.87. The molecule has 1 atom stereocenters. The zero-order chi connectivity index (χ0) is 18.6. The lowest BCUT2D eigenvalue weighted by atomic mass is 10.1. The van der Waals surface area contributed by atoms with E-state index in [0.717, 1.165) is 23.3 Å². The van der Waals surface area contributed by atoms with Gasteiger partial charge in [-0.3, -0.25) is 9.59 Å². The van der Waals surface area contributed by atoms with Gasteiger partial charge >= 0.3 is 0 Å². The molecule has 0 aliphatic rings. The van der Waals surface area contributed by atoms with Crippen LogP contribution in [0.1, 0.15) is 40.0 Å². The van der Waals surface area contributed by atoms with Gasteiger partial charge < -0.3 is 10.6 Å². The predicted molar refractivity (Wildman–Crippen MR) is 91.2 cm³/mol. The summed E-state index contributed by atoms with van der Waals surface area (Å²) in [7, 11) is 0. The Morgan fingerprint density at radius 2 is 1.72 bits per heavy atom. The molecule has 0 spiro atoms. The lowest BCUT2D eigenvalue weighted by molar-refractivity contribution is -0.120. The average Bonchev–Trinajstić information content (AvgIpc) is 2.57. The third-order valence-corrected chi connectivity index (χ3v) is 4.00. The molecule has 2 rings (SSSR count). The minimum Gasteiger partial charge on any atom is -0.348 e. The summed E-state index contributed by atoms with van der Waals surface area (Å²) in [6, 6.07) is 8.22. The van der Waals surface area contributed by atoms with Crippen LogP contribution >= 0.6 is 0 Å². The van der Waals surface area contributed by atoms with E-state index in [2.05, 4.69) is 10.6 Å². The summed E-state index contributed by atoms with van der Waals surface area (Å²) < 4.78 is 26.2. The molecule has 6 heteroatoms. The summed E-state index contributed by atoms with van der Waals surface area (Å²) in [5, 5.41) is 5.17. The van der Waals surface area contributed by atoms with Gasteiger partial charge in [0, 0.05) is 5.56 Å². The third kappa shape index (κ3) is 4.86. The molecule has 0 radical (unpaired) electrons. The Labute approximate surface area is 145 Å². The van der Waals surface area contributed by atoms with E-state index in [9.17, 15) is 18.4 Å². The number of amides is 2. The summed E-state index contributed by atoms with van der Waals surface area (Å²) in [5.74, 6) is -2.68. The second-order valence-electron chi connectivity index (χ2n) is 5.94. The van der Waals surface area contributed by atoms with Crippen molar-refractivity contribution < 1.29 is 18.4 Å². The van der Waals surface area contributed by atoms with Crippen molar-refractivity contribution in [1.29, 1.82) is 0 Å². The third-order valence-electron chi connectivity index (χ3n) is 4.00. The molecular formula is C19H20F2N2O2. The van der Waals surface area contributed by atoms with E-state index >= 15 is 0 Å². The van der Waals surface area contributed by atoms with E-state index in [4.69, 9.17) is 0 Å². The zero-order valence-corrected chi connectivity index (χ0v) is 14.3. The van der Waals surface area contributed by atoms with Gasteiger partial charge in [0.15, 0.2) is 11.6 Å². The fourth-order valence-corrected chi connectivity index (χ4v) is 2.30. The highest BCUT2D eigenvalue weighted by atomic mass is 19.2. The molecule has 0 saturated carbocycles. The summed E-state index contributed by atoms with van der Waals surface area (Å²) in [4.78, 5) is 24.0. The van der Waals surface area contributed by atoms with Crippen molar-refractivity contribution in [2.45, 2.75) is 26.8 Å². The average molecular weight is 346 g/mol. The highest BCUT2D eigenvalue weighted by Gasteiger charge is 2.13. The van der Waals surface area contributed by atoms with E-state index in [-0.39, 0.29) is 12.5 Å². The van der Waals surface area contributed by atoms with Crippen LogP contribution in [0.4, 0.5) is 8.78 Å². The molecule has 0 bridgehead atoms. The second kappa shape index (κ2) is 7.88. The van der Waals surface area contributed by atoms with E-state index in [1.807, 2.05) is 19.9 Å². The second-order valence-corrected chi connectivity index (χ2v) is 5.94. The summed E-state index contributed by atoms with van der Waals surface area (Å²) in [6.45, 7) is 5.29. The van der Waals surface area contributed by atoms with Gasteiger partial charge in [-0.1, -0.05) is 12.1 Å². The van der Waals surface area contributed by atoms with Crippen LogP contribution in [-0.2, 0) is 4.79 Å². The van der Waals surface area contributed by atoms with Gasteiger partial charge in [0.1, 0.15) is 0 Å². The molecular weight excluding hydrogens is 326 g/mol. The number of carbonyl (C=O) groups excluding carboxylic acids is 2. The number of hydrogen-bond donors (Lipinski definition) is 2. The van der Waals surface area contributed by atoms with Crippen molar-refractivity contribution in [2.75, 3.05) is 6.54 Å². The molecule has 0 saturated heterocycles. The van der Waals surface area contributed by atoms with E-state index in [1.165, 1.54) is 6.07 Å². The molecule has 2 aromatic rings. The van der Waals surface area contributed by atoms with Crippen molar-refractivity contribution in [3.8, 4) is 0 Å². The molecule has 0 aliphatic carbocycles. The maximum absolute atomic E-state index is 13.2. The van der Waals surface area contributed by atoms with Crippen LogP contribution in [0.3, 0.4) is 0 Å². The Bertz CT molecular complexity index is 806. The first-order valence-corrected chi connectivity index (χ1v) is 7.87. The van der Waals surface area contributed by atoms with Gasteiger partial charge in [-0.05, 0) is 61.7 Å². The predicted octanol–water partition coefficient (Wildman–Crippen LogP) is 3.19. The first kappa shape index (κ1) is 18.6. The maximum Gasteiger partial charge on any atom is 0.251 e. The summed E-state index contributed by atoms with van der Waals surface area (Å²) in [5.41, 5.74) is 2.98. The lowest BCUT2D eigenvalue weighted by Crippen LogP contribution is -2.38. The number of hydrogen-bond acceptors (Lipinski definition) is 2. The number of halogens is 2. The number of rotatable bonds is 5. The van der Waals surface area contributed by atoms with Crippen molar-refractivity contribution in [1.82, 2.24) is 10.6 Å². The molecule has 25 heavy (non-hydrogen) atoms. The molecule has 2 amide bonds. The summed E-state index contributed by atoms with van der Waals surface area (Å²) >= 11 is 0. The largest absolute Gasteiger partial charge is 0.348 e. The molecule has 0 heterocycles. The highest BCUT2D eigenvalue weighted by Crippen LogP contribution is 2.15. The smallest absolute Gasteiger partial charge is 0.251 e. The fraction of sp³-hybridized carbons (Fsp3) is 0.263. The minimum atomic E-state index is -0.971. The Morgan fingerprint density at radius 1 is 1.00 bits per heavy atom. The quantitative estimate of drug-likeness (QED) is 0.874. The molecule has 0 fully saturated rings. The van der Waals surface area contributed by atoms with Crippen LogP contribution in [0, 0.1) is 25.5 Å². The monoisotopic (exact) mass is 346 g/mol. The molecule has 0 aliphatic heterocycles. The molecule has 132 valence electrons. The van der Waals surface area contributed by atoms with E-state index < -0.39 is 23.6 Å². The highest BCUT2D eigenvalue weighted by molar-refractivity contribution is 5.96. The summed E-state index contributed by atoms with van der Waals surface area (Å²) in [6.07, 6.45) is 0. The number of aryl methyl sites for hydroxylation is 2. The van der Waals surface area contributed by atoms with Crippen molar-refractivity contribution in [2.24, 2.45) is 0 Å². The van der Waals surface area contributed by atoms with Gasteiger partial charge in [-0.25, -0.2) is 8.78 Å². The Kier molecular flexibility index (Phi) is 5.85. The normalized spacial score (nSPS) is 11.7. The standard InChI is InChI=1S/C19H20F2N2O2/c1-11-4-5-15(8-12(11)2)19(25)22-10-18(24)23-13(3)14-6-7-16(20)17(21)9-14/h4-9,13H,10H2,1-3H3,(H,22,25)(H,23,24). The van der Waals surface area contributed by atoms with Crippen LogP contribution < -0.4 is 10.6 Å². The Hall–Kier alpha value is -2.76. The SMILES string of the molecule is Cc1ccc(C(=O)NCC(=O)NC(C)c2ccc(F)c(F)c2)cc1C. The molecule has 0 aromatic heterocycles. The van der Waals surface area contributed by atoms with Gasteiger partial charge in [0.05, 0.1) is 12.6 Å². The Morgan fingerprint density at radius 3 is 2.36 bits per heavy atom. The zero-order valence-electron chi connectivity index (χ0n) is 14.3. The van der Waals surface area contributed by atoms with E-state index in [0.29, 0.717) is 11.1 Å². The fourth-order valence-electron chi connectivity index (χ4n) is 2.30. The molecule has 4 nitrogen and oxygen atoms in total. The van der Waals surface area contributed by atoms with Gasteiger partial charge in [0.25, 0.3) is 5.91 Å². The van der Waals surface area contributed by atoms with Gasteiger partial charge in [-0.15, -0.1) is 0 Å². The molecule has 1 unspecified atom stereocenters. The van der Waals surface area contributed by atoms with Crippen LogP contribution in [0.5, 0.6) is 0 Å². The first-order chi connectivity index (χ1) is 11.8. The van der Waals surface area contributed by atoms with Crippen LogP contribution in [-0.4, -0.2) is 18.4 Å². The lowest BCUT2D eigenvalue weighted by Gasteiger charge is -2.15. The van der Waals surface area contributed by atoms with Crippen LogP contribution in [0.2, 0.25) is 0 Å². The van der Waals surface area contributed by atoms with Gasteiger partial charge in [-0.2, -0.15) is 0 Å². The molecule has 2 N–H and O–H groups in total. The van der Waals surface area contributed by atoms with Crippen LogP contribution in [0.15, 0.2) is 36.4 Å². The topological polar surface area (TPSA) is 58.2 Å². The van der Waals surface area contributed by atoms with Crippen molar-refractivity contribution >= 4 is 11.8 Å². The Balaban J connectivity index is 1.90. The van der Waals surface area contributed by atoms with E-state index in [1.54, 1.807) is 19.1 Å². The number of nitrogens with one attached hydrogen (secondary N) is 2. The minimum absolute atomic E-state index is 0.209.